The zero-order valence-electron chi connectivity index (χ0n) is 12.3. The maximum absolute atomic E-state index is 11.4. The summed E-state index contributed by atoms with van der Waals surface area (Å²) in [6, 6.07) is 7.01. The minimum atomic E-state index is -0.513. The van der Waals surface area contributed by atoms with E-state index in [1.54, 1.807) is 39.0 Å². The highest BCUT2D eigenvalue weighted by Gasteiger charge is 2.15. The normalized spacial score (nSPS) is 10.0. The van der Waals surface area contributed by atoms with E-state index in [2.05, 4.69) is 17.2 Å². The number of benzene rings is 1. The minimum Gasteiger partial charge on any atom is -0.444 e. The van der Waals surface area contributed by atoms with Gasteiger partial charge in [0, 0.05) is 23.6 Å². The van der Waals surface area contributed by atoms with E-state index in [-0.39, 0.29) is 0 Å². The second-order valence-corrected chi connectivity index (χ2v) is 5.72. The first-order chi connectivity index (χ1) is 9.81. The number of carbonyl (C=O) groups excluding carboxylic acids is 1. The number of amides is 1. The third-order valence-corrected chi connectivity index (χ3v) is 2.48. The Kier molecular flexibility index (Phi) is 6.09. The van der Waals surface area contributed by atoms with Crippen LogP contribution in [0.2, 0.25) is 5.02 Å². The molecule has 0 aliphatic rings. The first-order valence-corrected chi connectivity index (χ1v) is 6.85. The van der Waals surface area contributed by atoms with E-state index in [0.29, 0.717) is 29.1 Å². The predicted octanol–water partition coefficient (Wildman–Crippen LogP) is 3.48. The van der Waals surface area contributed by atoms with Gasteiger partial charge in [0.2, 0.25) is 0 Å². The lowest BCUT2D eigenvalue weighted by Crippen LogP contribution is -2.32. The molecule has 110 valence electrons. The number of nitriles is 1. The molecule has 4 nitrogen and oxygen atoms in total. The van der Waals surface area contributed by atoms with Crippen molar-refractivity contribution in [1.29, 1.82) is 5.26 Å². The van der Waals surface area contributed by atoms with E-state index in [1.165, 1.54) is 0 Å². The van der Waals surface area contributed by atoms with E-state index in [1.807, 2.05) is 6.07 Å². The van der Waals surface area contributed by atoms with Crippen molar-refractivity contribution in [3.8, 4) is 17.9 Å². The quantitative estimate of drug-likeness (QED) is 0.672. The SMILES string of the molecule is CC(C)(C)OC(=O)NCCC#Cc1ccc(Cl)cc1C#N. The Hall–Kier alpha value is -2.17. The number of ether oxygens (including phenoxy) is 1. The second-order valence-electron chi connectivity index (χ2n) is 5.28. The predicted molar refractivity (Wildman–Crippen MR) is 81.9 cm³/mol. The second kappa shape index (κ2) is 7.57. The number of carbonyl (C=O) groups is 1. The molecule has 0 fully saturated rings. The maximum Gasteiger partial charge on any atom is 0.407 e. The van der Waals surface area contributed by atoms with Crippen LogP contribution in [0, 0.1) is 23.2 Å². The van der Waals surface area contributed by atoms with Gasteiger partial charge in [-0.1, -0.05) is 23.4 Å². The molecule has 0 aromatic heterocycles. The van der Waals surface area contributed by atoms with Crippen LogP contribution in [0.3, 0.4) is 0 Å². The van der Waals surface area contributed by atoms with Crippen molar-refractivity contribution in [3.05, 3.63) is 34.3 Å². The Morgan fingerprint density at radius 1 is 1.38 bits per heavy atom. The van der Waals surface area contributed by atoms with E-state index < -0.39 is 11.7 Å². The van der Waals surface area contributed by atoms with Gasteiger partial charge in [-0.25, -0.2) is 4.79 Å². The molecule has 1 aromatic rings. The van der Waals surface area contributed by atoms with Crippen LogP contribution in [0.5, 0.6) is 0 Å². The molecule has 5 heteroatoms. The summed E-state index contributed by atoms with van der Waals surface area (Å²) in [4.78, 5) is 11.4. The smallest absolute Gasteiger partial charge is 0.407 e. The van der Waals surface area contributed by atoms with Gasteiger partial charge in [0.1, 0.15) is 11.7 Å². The molecule has 0 radical (unpaired) electrons. The number of nitrogens with zero attached hydrogens (tertiary/aromatic N) is 1. The number of halogens is 1. The van der Waals surface area contributed by atoms with Crippen molar-refractivity contribution < 1.29 is 9.53 Å². The molecule has 0 heterocycles. The van der Waals surface area contributed by atoms with Gasteiger partial charge in [0.15, 0.2) is 0 Å². The third-order valence-electron chi connectivity index (χ3n) is 2.24. The molecule has 21 heavy (non-hydrogen) atoms. The van der Waals surface area contributed by atoms with Crippen molar-refractivity contribution >= 4 is 17.7 Å². The van der Waals surface area contributed by atoms with Crippen LogP contribution < -0.4 is 5.32 Å². The molecule has 1 rings (SSSR count). The summed E-state index contributed by atoms with van der Waals surface area (Å²) in [5, 5.41) is 12.1. The van der Waals surface area contributed by atoms with Crippen LogP contribution in [-0.2, 0) is 4.74 Å². The lowest BCUT2D eigenvalue weighted by molar-refractivity contribution is 0.0529. The van der Waals surface area contributed by atoms with Crippen molar-refractivity contribution in [2.45, 2.75) is 32.8 Å². The highest BCUT2D eigenvalue weighted by Crippen LogP contribution is 2.14. The molecule has 0 aliphatic carbocycles. The molecule has 0 aliphatic heterocycles. The van der Waals surface area contributed by atoms with E-state index in [0.717, 1.165) is 0 Å². The maximum atomic E-state index is 11.4. The fourth-order valence-corrected chi connectivity index (χ4v) is 1.59. The standard InChI is InChI=1S/C16H17ClN2O2/c1-16(2,3)21-15(20)19-9-5-4-6-12-7-8-14(17)10-13(12)11-18/h7-8,10H,5,9H2,1-3H3,(H,19,20). The van der Waals surface area contributed by atoms with Crippen molar-refractivity contribution in [3.63, 3.8) is 0 Å². The van der Waals surface area contributed by atoms with E-state index in [4.69, 9.17) is 21.6 Å². The lowest BCUT2D eigenvalue weighted by atomic mass is 10.1. The molecule has 1 amide bonds. The van der Waals surface area contributed by atoms with Crippen LogP contribution in [0.15, 0.2) is 18.2 Å². The van der Waals surface area contributed by atoms with Crippen molar-refractivity contribution in [1.82, 2.24) is 5.32 Å². The van der Waals surface area contributed by atoms with Gasteiger partial charge >= 0.3 is 6.09 Å². The highest BCUT2D eigenvalue weighted by molar-refractivity contribution is 6.30. The monoisotopic (exact) mass is 304 g/mol. The number of hydrogen-bond donors (Lipinski definition) is 1. The van der Waals surface area contributed by atoms with Gasteiger partial charge in [0.25, 0.3) is 0 Å². The van der Waals surface area contributed by atoms with Gasteiger partial charge in [0.05, 0.1) is 5.56 Å². The summed E-state index contributed by atoms with van der Waals surface area (Å²) in [7, 11) is 0. The molecular formula is C16H17ClN2O2. The van der Waals surface area contributed by atoms with Gasteiger partial charge in [-0.2, -0.15) is 5.26 Å². The van der Waals surface area contributed by atoms with Crippen LogP contribution in [-0.4, -0.2) is 18.2 Å². The molecule has 0 bridgehead atoms. The van der Waals surface area contributed by atoms with Crippen molar-refractivity contribution in [2.75, 3.05) is 6.54 Å². The molecular weight excluding hydrogens is 288 g/mol. The van der Waals surface area contributed by atoms with Crippen LogP contribution >= 0.6 is 11.6 Å². The number of nitrogens with one attached hydrogen (secondary N) is 1. The summed E-state index contributed by atoms with van der Waals surface area (Å²) in [6.07, 6.45) is 0.000672. The summed E-state index contributed by atoms with van der Waals surface area (Å²) in [5.74, 6) is 5.79. The summed E-state index contributed by atoms with van der Waals surface area (Å²) in [6.45, 7) is 5.79. The first-order valence-electron chi connectivity index (χ1n) is 6.47. The fraction of sp³-hybridized carbons (Fsp3) is 0.375. The Balaban J connectivity index is 2.48. The Bertz CT molecular complexity index is 616. The molecule has 0 saturated carbocycles. The summed E-state index contributed by atoms with van der Waals surface area (Å²) < 4.78 is 5.10. The van der Waals surface area contributed by atoms with Crippen molar-refractivity contribution in [2.24, 2.45) is 0 Å². The molecule has 0 atom stereocenters. The molecule has 0 spiro atoms. The lowest BCUT2D eigenvalue weighted by Gasteiger charge is -2.19. The number of alkyl carbamates (subject to hydrolysis) is 1. The van der Waals surface area contributed by atoms with Gasteiger partial charge in [-0.3, -0.25) is 0 Å². The number of rotatable bonds is 2. The van der Waals surface area contributed by atoms with Gasteiger partial charge in [-0.05, 0) is 39.0 Å². The molecule has 1 N–H and O–H groups in total. The molecule has 0 saturated heterocycles. The Morgan fingerprint density at radius 3 is 2.71 bits per heavy atom. The zero-order valence-corrected chi connectivity index (χ0v) is 13.0. The minimum absolute atomic E-state index is 0.386. The summed E-state index contributed by atoms with van der Waals surface area (Å²) in [5.41, 5.74) is 0.551. The van der Waals surface area contributed by atoms with Crippen LogP contribution in [0.25, 0.3) is 0 Å². The first kappa shape index (κ1) is 16.9. The Morgan fingerprint density at radius 2 is 2.10 bits per heavy atom. The fourth-order valence-electron chi connectivity index (χ4n) is 1.42. The van der Waals surface area contributed by atoms with E-state index >= 15 is 0 Å². The molecule has 0 unspecified atom stereocenters. The zero-order chi connectivity index (χ0) is 15.9. The van der Waals surface area contributed by atoms with Gasteiger partial charge in [-0.15, -0.1) is 0 Å². The average Bonchev–Trinajstić information content (AvgIpc) is 2.37. The largest absolute Gasteiger partial charge is 0.444 e. The highest BCUT2D eigenvalue weighted by atomic mass is 35.5. The Labute approximate surface area is 130 Å². The third kappa shape index (κ3) is 6.70. The topological polar surface area (TPSA) is 62.1 Å². The average molecular weight is 305 g/mol. The van der Waals surface area contributed by atoms with Crippen LogP contribution in [0.4, 0.5) is 4.79 Å². The van der Waals surface area contributed by atoms with Crippen LogP contribution in [0.1, 0.15) is 38.3 Å². The number of hydrogen-bond acceptors (Lipinski definition) is 3. The van der Waals surface area contributed by atoms with Gasteiger partial charge < -0.3 is 10.1 Å². The summed E-state index contributed by atoms with van der Waals surface area (Å²) >= 11 is 5.81. The van der Waals surface area contributed by atoms with E-state index in [9.17, 15) is 4.79 Å². The molecule has 1 aromatic carbocycles.